The van der Waals surface area contributed by atoms with Crippen molar-refractivity contribution >= 4 is 17.9 Å². The van der Waals surface area contributed by atoms with Gasteiger partial charge < -0.3 is 14.2 Å². The van der Waals surface area contributed by atoms with E-state index in [-0.39, 0.29) is 31.1 Å². The van der Waals surface area contributed by atoms with Crippen molar-refractivity contribution < 1.29 is 28.6 Å². The quantitative estimate of drug-likeness (QED) is 0.0261. The van der Waals surface area contributed by atoms with Gasteiger partial charge in [-0.2, -0.15) is 0 Å². The molecule has 0 aromatic heterocycles. The van der Waals surface area contributed by atoms with Crippen LogP contribution in [0.25, 0.3) is 0 Å². The largest absolute Gasteiger partial charge is 0.462 e. The van der Waals surface area contributed by atoms with Crippen LogP contribution in [0.3, 0.4) is 0 Å². The monoisotopic (exact) mass is 1170 g/mol. The number of hydrogen-bond acceptors (Lipinski definition) is 6. The van der Waals surface area contributed by atoms with E-state index >= 15 is 0 Å². The summed E-state index contributed by atoms with van der Waals surface area (Å²) in [7, 11) is 0. The number of ether oxygens (including phenoxy) is 3. The van der Waals surface area contributed by atoms with Crippen LogP contribution in [-0.4, -0.2) is 37.2 Å². The highest BCUT2D eigenvalue weighted by Gasteiger charge is 2.20. The van der Waals surface area contributed by atoms with Crippen LogP contribution in [-0.2, 0) is 28.6 Å². The molecule has 1 unspecified atom stereocenters. The Labute approximate surface area is 520 Å². The van der Waals surface area contributed by atoms with E-state index in [4.69, 9.17) is 14.2 Å². The maximum atomic E-state index is 13.0. The number of unbranched alkanes of at least 4 members (excludes halogenated alkanes) is 59. The van der Waals surface area contributed by atoms with Crippen LogP contribution in [0.2, 0.25) is 0 Å². The van der Waals surface area contributed by atoms with Gasteiger partial charge in [-0.1, -0.05) is 399 Å². The Balaban J connectivity index is 4.08. The number of carbonyl (C=O) groups is 3. The second-order valence-electron chi connectivity index (χ2n) is 26.3. The molecule has 0 heterocycles. The highest BCUT2D eigenvalue weighted by atomic mass is 16.6. The minimum absolute atomic E-state index is 0.0657. The topological polar surface area (TPSA) is 78.9 Å². The third-order valence-electron chi connectivity index (χ3n) is 17.8. The second-order valence-corrected chi connectivity index (χ2v) is 26.3. The molecule has 0 aromatic carbocycles. The summed E-state index contributed by atoms with van der Waals surface area (Å²) >= 11 is 0. The summed E-state index contributed by atoms with van der Waals surface area (Å²) in [4.78, 5) is 38.4. The molecule has 0 rings (SSSR count). The van der Waals surface area contributed by atoms with Gasteiger partial charge in [0.15, 0.2) is 6.10 Å². The maximum absolute atomic E-state index is 13.0. The lowest BCUT2D eigenvalue weighted by Gasteiger charge is -2.18. The van der Waals surface area contributed by atoms with Crippen LogP contribution < -0.4 is 0 Å². The molecule has 0 N–H and O–H groups in total. The smallest absolute Gasteiger partial charge is 0.306 e. The summed E-state index contributed by atoms with van der Waals surface area (Å²) in [6.45, 7) is 6.69. The van der Waals surface area contributed by atoms with Crippen molar-refractivity contribution in [2.75, 3.05) is 13.2 Å². The molecule has 0 aromatic rings. The van der Waals surface area contributed by atoms with E-state index in [9.17, 15) is 14.4 Å². The zero-order valence-corrected chi connectivity index (χ0v) is 56.8. The van der Waals surface area contributed by atoms with Crippen LogP contribution >= 0.6 is 0 Å². The molecule has 0 saturated heterocycles. The first-order chi connectivity index (χ1) is 41.0. The minimum atomic E-state index is -0.770. The van der Waals surface area contributed by atoms with E-state index in [1.807, 2.05) is 0 Å². The van der Waals surface area contributed by atoms with Crippen LogP contribution in [0.15, 0.2) is 12.2 Å². The van der Waals surface area contributed by atoms with Crippen LogP contribution in [0.1, 0.15) is 445 Å². The molecule has 0 bridgehead atoms. The van der Waals surface area contributed by atoms with Crippen molar-refractivity contribution in [3.63, 3.8) is 0 Å². The lowest BCUT2D eigenvalue weighted by atomic mass is 10.0. The van der Waals surface area contributed by atoms with Gasteiger partial charge in [0.2, 0.25) is 0 Å². The van der Waals surface area contributed by atoms with E-state index in [1.165, 1.54) is 340 Å². The van der Waals surface area contributed by atoms with E-state index in [0.29, 0.717) is 19.3 Å². The zero-order valence-electron chi connectivity index (χ0n) is 56.8. The standard InChI is InChI=1S/C77H148O6/c1-4-7-10-13-16-19-22-24-26-28-30-32-34-36-37-38-39-40-41-43-44-46-48-50-52-55-58-61-64-67-70-76(79)82-73-74(72-81-75(78)69-66-63-60-57-54-21-18-15-12-9-6-3)83-77(80)71-68-65-62-59-56-53-51-49-47-45-42-35-33-31-29-27-25-23-20-17-14-11-8-5-2/h15,18,74H,4-14,16-17,19-73H2,1-3H3/b18-15-. The third kappa shape index (κ3) is 70.8. The summed E-state index contributed by atoms with van der Waals surface area (Å²) in [5.41, 5.74) is 0. The van der Waals surface area contributed by atoms with Crippen molar-refractivity contribution in [2.45, 2.75) is 451 Å². The Morgan fingerprint density at radius 3 is 0.639 bits per heavy atom. The van der Waals surface area contributed by atoms with Gasteiger partial charge in [-0.3, -0.25) is 14.4 Å². The summed E-state index contributed by atoms with van der Waals surface area (Å²) in [5.74, 6) is -0.839. The first-order valence-corrected chi connectivity index (χ1v) is 38.2. The Hall–Kier alpha value is -1.85. The Bertz CT molecular complexity index is 1300. The average molecular weight is 1170 g/mol. The molecule has 0 spiro atoms. The lowest BCUT2D eigenvalue weighted by molar-refractivity contribution is -0.167. The molecule has 492 valence electrons. The molecule has 83 heavy (non-hydrogen) atoms. The fourth-order valence-corrected chi connectivity index (χ4v) is 12.0. The summed E-state index contributed by atoms with van der Waals surface area (Å²) in [6.07, 6.45) is 88.6. The van der Waals surface area contributed by atoms with Gasteiger partial charge in [-0.15, -0.1) is 0 Å². The van der Waals surface area contributed by atoms with Gasteiger partial charge in [0.1, 0.15) is 13.2 Å². The molecule has 1 atom stereocenters. The second kappa shape index (κ2) is 72.6. The molecule has 6 nitrogen and oxygen atoms in total. The molecule has 0 saturated carbocycles. The zero-order chi connectivity index (χ0) is 59.9. The molecule has 0 aliphatic rings. The van der Waals surface area contributed by atoms with E-state index in [1.54, 1.807) is 0 Å². The Kier molecular flexibility index (Phi) is 71.0. The van der Waals surface area contributed by atoms with Crippen LogP contribution in [0.5, 0.6) is 0 Å². The third-order valence-corrected chi connectivity index (χ3v) is 17.8. The Morgan fingerprint density at radius 2 is 0.410 bits per heavy atom. The fourth-order valence-electron chi connectivity index (χ4n) is 12.0. The SMILES string of the molecule is CCCC/C=C\CCCCCCCC(=O)OCC(COC(=O)CCCCCCCCCCCCCCCCCCCCCCCCCCCCCCCC)OC(=O)CCCCCCCCCCCCCCCCCCCCCCCCCC. The predicted molar refractivity (Wildman–Crippen MR) is 363 cm³/mol. The van der Waals surface area contributed by atoms with Gasteiger partial charge in [-0.25, -0.2) is 0 Å². The molecule has 0 amide bonds. The van der Waals surface area contributed by atoms with Gasteiger partial charge in [0.05, 0.1) is 0 Å². The number of hydrogen-bond donors (Lipinski definition) is 0. The summed E-state index contributed by atoms with van der Waals surface area (Å²) in [5, 5.41) is 0. The lowest BCUT2D eigenvalue weighted by Crippen LogP contribution is -2.30. The van der Waals surface area contributed by atoms with Gasteiger partial charge >= 0.3 is 17.9 Å². The molecule has 0 aliphatic heterocycles. The number of allylic oxidation sites excluding steroid dienone is 2. The highest BCUT2D eigenvalue weighted by Crippen LogP contribution is 2.20. The van der Waals surface area contributed by atoms with E-state index in [0.717, 1.165) is 64.2 Å². The molecule has 0 radical (unpaired) electrons. The fraction of sp³-hybridized carbons (Fsp3) is 0.935. The van der Waals surface area contributed by atoms with Crippen molar-refractivity contribution in [2.24, 2.45) is 0 Å². The highest BCUT2D eigenvalue weighted by molar-refractivity contribution is 5.71. The summed E-state index contributed by atoms with van der Waals surface area (Å²) < 4.78 is 17.0. The van der Waals surface area contributed by atoms with Crippen molar-refractivity contribution in [3.05, 3.63) is 12.2 Å². The van der Waals surface area contributed by atoms with Crippen molar-refractivity contribution in [3.8, 4) is 0 Å². The van der Waals surface area contributed by atoms with Crippen molar-refractivity contribution in [1.82, 2.24) is 0 Å². The predicted octanol–water partition coefficient (Wildman–Crippen LogP) is 26.3. The normalized spacial score (nSPS) is 12.0. The molecule has 0 aliphatic carbocycles. The van der Waals surface area contributed by atoms with Gasteiger partial charge in [0.25, 0.3) is 0 Å². The number of rotatable bonds is 72. The average Bonchev–Trinajstić information content (AvgIpc) is 3.48. The molecular formula is C77H148O6. The maximum Gasteiger partial charge on any atom is 0.306 e. The summed E-state index contributed by atoms with van der Waals surface area (Å²) in [6, 6.07) is 0. The van der Waals surface area contributed by atoms with Gasteiger partial charge in [-0.05, 0) is 38.5 Å². The number of carbonyl (C=O) groups excluding carboxylic acids is 3. The number of esters is 3. The molecule has 6 heteroatoms. The van der Waals surface area contributed by atoms with Crippen LogP contribution in [0, 0.1) is 0 Å². The first-order valence-electron chi connectivity index (χ1n) is 38.2. The van der Waals surface area contributed by atoms with Crippen LogP contribution in [0.4, 0.5) is 0 Å². The minimum Gasteiger partial charge on any atom is -0.462 e. The first kappa shape index (κ1) is 81.2. The molecule has 0 fully saturated rings. The van der Waals surface area contributed by atoms with E-state index < -0.39 is 6.10 Å². The molecular weight excluding hydrogens is 1020 g/mol. The van der Waals surface area contributed by atoms with Crippen molar-refractivity contribution in [1.29, 1.82) is 0 Å². The van der Waals surface area contributed by atoms with Gasteiger partial charge in [0, 0.05) is 19.3 Å². The van der Waals surface area contributed by atoms with E-state index in [2.05, 4.69) is 32.9 Å². The Morgan fingerprint density at radius 1 is 0.229 bits per heavy atom.